The minimum Gasteiger partial charge on any atom is -0.484 e. The first-order valence-corrected chi connectivity index (χ1v) is 9.37. The van der Waals surface area contributed by atoms with Crippen LogP contribution in [0.25, 0.3) is 0 Å². The fraction of sp³-hybridized carbons (Fsp3) is 0.364. The molecule has 2 amide bonds. The fourth-order valence-electron chi connectivity index (χ4n) is 2.77. The van der Waals surface area contributed by atoms with E-state index in [9.17, 15) is 9.59 Å². The first-order valence-electron chi connectivity index (χ1n) is 9.37. The molecular weight excluding hydrogens is 340 g/mol. The van der Waals surface area contributed by atoms with Gasteiger partial charge in [-0.2, -0.15) is 0 Å². The van der Waals surface area contributed by atoms with Crippen molar-refractivity contribution in [3.05, 3.63) is 53.6 Å². The molecule has 0 heterocycles. The molecule has 0 aromatic heterocycles. The van der Waals surface area contributed by atoms with Gasteiger partial charge in [0, 0.05) is 17.3 Å². The van der Waals surface area contributed by atoms with Crippen molar-refractivity contribution >= 4 is 23.2 Å². The Morgan fingerprint density at radius 3 is 2.26 bits per heavy atom. The van der Waals surface area contributed by atoms with Crippen LogP contribution in [0.3, 0.4) is 0 Å². The summed E-state index contributed by atoms with van der Waals surface area (Å²) in [6.07, 6.45) is 1.91. The fourth-order valence-corrected chi connectivity index (χ4v) is 2.77. The van der Waals surface area contributed by atoms with Gasteiger partial charge in [0.25, 0.3) is 5.91 Å². The van der Waals surface area contributed by atoms with Crippen LogP contribution in [0, 0.1) is 12.8 Å². The van der Waals surface area contributed by atoms with Gasteiger partial charge in [-0.25, -0.2) is 0 Å². The molecule has 1 saturated carbocycles. The van der Waals surface area contributed by atoms with Gasteiger partial charge in [-0.1, -0.05) is 32.0 Å². The summed E-state index contributed by atoms with van der Waals surface area (Å²) in [5.74, 6) is 1.07. The van der Waals surface area contributed by atoms with Crippen LogP contribution in [0.4, 0.5) is 11.4 Å². The molecule has 0 atom stereocenters. The normalized spacial score (nSPS) is 13.3. The maximum Gasteiger partial charge on any atom is 0.262 e. The lowest BCUT2D eigenvalue weighted by atomic mass is 10.0. The summed E-state index contributed by atoms with van der Waals surface area (Å²) in [6, 6.07) is 13.2. The van der Waals surface area contributed by atoms with Crippen molar-refractivity contribution in [1.82, 2.24) is 0 Å². The molecule has 5 nitrogen and oxygen atoms in total. The van der Waals surface area contributed by atoms with E-state index in [1.807, 2.05) is 49.4 Å². The van der Waals surface area contributed by atoms with Crippen molar-refractivity contribution in [2.24, 2.45) is 5.92 Å². The smallest absolute Gasteiger partial charge is 0.262 e. The van der Waals surface area contributed by atoms with Crippen molar-refractivity contribution in [2.75, 3.05) is 17.2 Å². The van der Waals surface area contributed by atoms with Crippen LogP contribution in [-0.2, 0) is 9.59 Å². The van der Waals surface area contributed by atoms with Crippen LogP contribution < -0.4 is 15.4 Å². The second-order valence-electron chi connectivity index (χ2n) is 7.30. The molecule has 3 rings (SSSR count). The molecule has 142 valence electrons. The Balaban J connectivity index is 1.56. The van der Waals surface area contributed by atoms with Crippen LogP contribution in [0.1, 0.15) is 43.7 Å². The Morgan fingerprint density at radius 2 is 1.67 bits per heavy atom. The second kappa shape index (κ2) is 8.25. The van der Waals surface area contributed by atoms with E-state index in [2.05, 4.69) is 24.5 Å². The van der Waals surface area contributed by atoms with E-state index in [-0.39, 0.29) is 24.3 Å². The highest BCUT2D eigenvalue weighted by molar-refractivity contribution is 5.97. The van der Waals surface area contributed by atoms with Crippen molar-refractivity contribution in [2.45, 2.75) is 39.5 Å². The van der Waals surface area contributed by atoms with Crippen molar-refractivity contribution in [1.29, 1.82) is 0 Å². The Hall–Kier alpha value is -2.82. The maximum atomic E-state index is 12.2. The summed E-state index contributed by atoms with van der Waals surface area (Å²) < 4.78 is 5.57. The number of nitrogens with one attached hydrogen (secondary N) is 2. The van der Waals surface area contributed by atoms with Gasteiger partial charge in [0.1, 0.15) is 5.75 Å². The van der Waals surface area contributed by atoms with E-state index in [0.29, 0.717) is 17.4 Å². The molecule has 1 aliphatic rings. The lowest BCUT2D eigenvalue weighted by molar-refractivity contribution is -0.118. The largest absolute Gasteiger partial charge is 0.484 e. The van der Waals surface area contributed by atoms with E-state index in [4.69, 9.17) is 4.74 Å². The average Bonchev–Trinajstić information content (AvgIpc) is 3.49. The SMILES string of the molecule is Cc1c(NC(=O)COc2ccc(C(C)C)cc2)cccc1NC(=O)C1CC1. The third kappa shape index (κ3) is 5.09. The zero-order chi connectivity index (χ0) is 19.4. The molecule has 0 bridgehead atoms. The van der Waals surface area contributed by atoms with E-state index >= 15 is 0 Å². The van der Waals surface area contributed by atoms with Gasteiger partial charge in [0.2, 0.25) is 5.91 Å². The Kier molecular flexibility index (Phi) is 5.79. The molecule has 5 heteroatoms. The molecule has 0 unspecified atom stereocenters. The highest BCUT2D eigenvalue weighted by atomic mass is 16.5. The number of carbonyl (C=O) groups excluding carboxylic acids is 2. The number of carbonyl (C=O) groups is 2. The zero-order valence-electron chi connectivity index (χ0n) is 16.0. The lowest BCUT2D eigenvalue weighted by Gasteiger charge is -2.14. The number of benzene rings is 2. The van der Waals surface area contributed by atoms with Crippen molar-refractivity contribution in [3.8, 4) is 5.75 Å². The molecule has 1 aliphatic carbocycles. The number of hydrogen-bond acceptors (Lipinski definition) is 3. The molecule has 2 aromatic rings. The molecule has 2 N–H and O–H groups in total. The number of hydrogen-bond donors (Lipinski definition) is 2. The Morgan fingerprint density at radius 1 is 1.04 bits per heavy atom. The third-order valence-electron chi connectivity index (χ3n) is 4.73. The van der Waals surface area contributed by atoms with Gasteiger partial charge in [-0.15, -0.1) is 0 Å². The number of rotatable bonds is 7. The van der Waals surface area contributed by atoms with Gasteiger partial charge in [0.15, 0.2) is 6.61 Å². The first kappa shape index (κ1) is 19.0. The topological polar surface area (TPSA) is 67.4 Å². The summed E-state index contributed by atoms with van der Waals surface area (Å²) >= 11 is 0. The monoisotopic (exact) mass is 366 g/mol. The van der Waals surface area contributed by atoms with Crippen LogP contribution in [0.2, 0.25) is 0 Å². The van der Waals surface area contributed by atoms with Crippen LogP contribution >= 0.6 is 0 Å². The molecule has 0 saturated heterocycles. The number of amides is 2. The van der Waals surface area contributed by atoms with E-state index in [0.717, 1.165) is 24.1 Å². The summed E-state index contributed by atoms with van der Waals surface area (Å²) in [5.41, 5.74) is 3.47. The molecular formula is C22H26N2O3. The summed E-state index contributed by atoms with van der Waals surface area (Å²) in [7, 11) is 0. The minimum absolute atomic E-state index is 0.0507. The molecule has 1 fully saturated rings. The molecule has 0 spiro atoms. The zero-order valence-corrected chi connectivity index (χ0v) is 16.0. The molecule has 0 aliphatic heterocycles. The van der Waals surface area contributed by atoms with Crippen LogP contribution in [0.5, 0.6) is 5.75 Å². The predicted octanol–water partition coefficient (Wildman–Crippen LogP) is 4.48. The van der Waals surface area contributed by atoms with Crippen molar-refractivity contribution in [3.63, 3.8) is 0 Å². The standard InChI is InChI=1S/C22H26N2O3/c1-14(2)16-9-11-18(12-10-16)27-13-21(25)23-19-5-4-6-20(15(19)3)24-22(26)17-7-8-17/h4-6,9-12,14,17H,7-8,13H2,1-3H3,(H,23,25)(H,24,26). The maximum absolute atomic E-state index is 12.2. The van der Waals surface area contributed by atoms with Gasteiger partial charge < -0.3 is 15.4 Å². The van der Waals surface area contributed by atoms with Gasteiger partial charge in [0.05, 0.1) is 0 Å². The highest BCUT2D eigenvalue weighted by Crippen LogP contribution is 2.31. The average molecular weight is 366 g/mol. The molecule has 0 radical (unpaired) electrons. The summed E-state index contributed by atoms with van der Waals surface area (Å²) in [6.45, 7) is 6.07. The third-order valence-corrected chi connectivity index (χ3v) is 4.73. The molecule has 27 heavy (non-hydrogen) atoms. The number of anilines is 2. The van der Waals surface area contributed by atoms with Gasteiger partial charge >= 0.3 is 0 Å². The summed E-state index contributed by atoms with van der Waals surface area (Å²) in [5, 5.41) is 5.79. The first-order chi connectivity index (χ1) is 12.9. The van der Waals surface area contributed by atoms with Crippen LogP contribution in [0.15, 0.2) is 42.5 Å². The Labute approximate surface area is 160 Å². The van der Waals surface area contributed by atoms with Crippen molar-refractivity contribution < 1.29 is 14.3 Å². The van der Waals surface area contributed by atoms with E-state index in [1.54, 1.807) is 0 Å². The Bertz CT molecular complexity index is 824. The van der Waals surface area contributed by atoms with Gasteiger partial charge in [-0.3, -0.25) is 9.59 Å². The minimum atomic E-state index is -0.239. The highest BCUT2D eigenvalue weighted by Gasteiger charge is 2.29. The predicted molar refractivity (Wildman–Crippen MR) is 107 cm³/mol. The quantitative estimate of drug-likeness (QED) is 0.759. The van der Waals surface area contributed by atoms with Crippen LogP contribution in [-0.4, -0.2) is 18.4 Å². The lowest BCUT2D eigenvalue weighted by Crippen LogP contribution is -2.21. The number of ether oxygens (including phenoxy) is 1. The van der Waals surface area contributed by atoms with E-state index in [1.165, 1.54) is 5.56 Å². The molecule has 2 aromatic carbocycles. The summed E-state index contributed by atoms with van der Waals surface area (Å²) in [4.78, 5) is 24.2. The van der Waals surface area contributed by atoms with Gasteiger partial charge in [-0.05, 0) is 61.1 Å². The van der Waals surface area contributed by atoms with E-state index < -0.39 is 0 Å². The second-order valence-corrected chi connectivity index (χ2v) is 7.30.